The SMILES string of the molecule is O=C(NCCOCC1CC1)c1cncc(C#CCCO)c1. The van der Waals surface area contributed by atoms with Gasteiger partial charge in [0.25, 0.3) is 5.91 Å². The summed E-state index contributed by atoms with van der Waals surface area (Å²) in [4.78, 5) is 15.9. The van der Waals surface area contributed by atoms with Crippen molar-refractivity contribution in [3.8, 4) is 11.8 Å². The fourth-order valence-electron chi connectivity index (χ4n) is 1.73. The Hall–Kier alpha value is -1.90. The molecule has 112 valence electrons. The summed E-state index contributed by atoms with van der Waals surface area (Å²) in [7, 11) is 0. The van der Waals surface area contributed by atoms with Crippen molar-refractivity contribution < 1.29 is 14.6 Å². The molecule has 0 saturated heterocycles. The summed E-state index contributed by atoms with van der Waals surface area (Å²) >= 11 is 0. The van der Waals surface area contributed by atoms with Gasteiger partial charge in [-0.15, -0.1) is 0 Å². The third-order valence-corrected chi connectivity index (χ3v) is 3.05. The Morgan fingerprint density at radius 2 is 2.33 bits per heavy atom. The van der Waals surface area contributed by atoms with E-state index in [9.17, 15) is 4.79 Å². The fourth-order valence-corrected chi connectivity index (χ4v) is 1.73. The van der Waals surface area contributed by atoms with Crippen LogP contribution in [0, 0.1) is 17.8 Å². The van der Waals surface area contributed by atoms with Gasteiger partial charge < -0.3 is 15.2 Å². The lowest BCUT2D eigenvalue weighted by molar-refractivity contribution is 0.0906. The molecule has 1 aliphatic carbocycles. The highest BCUT2D eigenvalue weighted by Crippen LogP contribution is 2.28. The lowest BCUT2D eigenvalue weighted by Crippen LogP contribution is -2.27. The molecule has 0 radical (unpaired) electrons. The number of aliphatic hydroxyl groups is 1. The monoisotopic (exact) mass is 288 g/mol. The molecule has 5 heteroatoms. The first-order valence-corrected chi connectivity index (χ1v) is 7.20. The van der Waals surface area contributed by atoms with Gasteiger partial charge in [-0.1, -0.05) is 11.8 Å². The Morgan fingerprint density at radius 3 is 3.10 bits per heavy atom. The largest absolute Gasteiger partial charge is 0.395 e. The van der Waals surface area contributed by atoms with Crippen molar-refractivity contribution in [1.29, 1.82) is 0 Å². The summed E-state index contributed by atoms with van der Waals surface area (Å²) < 4.78 is 5.46. The molecule has 0 spiro atoms. The number of carbonyl (C=O) groups is 1. The zero-order chi connectivity index (χ0) is 14.9. The van der Waals surface area contributed by atoms with E-state index >= 15 is 0 Å². The predicted molar refractivity (Wildman–Crippen MR) is 78.7 cm³/mol. The van der Waals surface area contributed by atoms with Crippen LogP contribution in [0.2, 0.25) is 0 Å². The Labute approximate surface area is 124 Å². The standard InChI is InChI=1S/C16H20N2O3/c19-7-2-1-3-14-9-15(11-17-10-14)16(20)18-6-8-21-12-13-4-5-13/h9-11,13,19H,2,4-8,12H2,(H,18,20). The number of hydrogen-bond acceptors (Lipinski definition) is 4. The van der Waals surface area contributed by atoms with Crippen LogP contribution in [0.4, 0.5) is 0 Å². The molecule has 1 fully saturated rings. The van der Waals surface area contributed by atoms with Crippen LogP contribution < -0.4 is 5.32 Å². The van der Waals surface area contributed by atoms with Gasteiger partial charge in [0.2, 0.25) is 0 Å². The van der Waals surface area contributed by atoms with E-state index in [1.54, 1.807) is 12.3 Å². The molecule has 0 aromatic carbocycles. The van der Waals surface area contributed by atoms with Crippen LogP contribution in [0.3, 0.4) is 0 Å². The second-order valence-corrected chi connectivity index (χ2v) is 5.01. The minimum atomic E-state index is -0.177. The van der Waals surface area contributed by atoms with Gasteiger partial charge in [0.05, 0.1) is 18.8 Å². The average Bonchev–Trinajstić information content (AvgIpc) is 3.31. The number of ether oxygens (including phenoxy) is 1. The summed E-state index contributed by atoms with van der Waals surface area (Å²) in [6.45, 7) is 1.85. The van der Waals surface area contributed by atoms with Crippen LogP contribution in [0.1, 0.15) is 35.2 Å². The molecule has 21 heavy (non-hydrogen) atoms. The Morgan fingerprint density at radius 1 is 1.48 bits per heavy atom. The third-order valence-electron chi connectivity index (χ3n) is 3.05. The number of aromatic nitrogens is 1. The molecular formula is C16H20N2O3. The van der Waals surface area contributed by atoms with E-state index in [-0.39, 0.29) is 12.5 Å². The van der Waals surface area contributed by atoms with Crippen LogP contribution in [0.5, 0.6) is 0 Å². The van der Waals surface area contributed by atoms with Crippen molar-refractivity contribution in [2.75, 3.05) is 26.4 Å². The predicted octanol–water partition coefficient (Wildman–Crippen LogP) is 0.972. The van der Waals surface area contributed by atoms with Gasteiger partial charge in [-0.3, -0.25) is 9.78 Å². The summed E-state index contributed by atoms with van der Waals surface area (Å²) in [5, 5.41) is 11.5. The number of hydrogen-bond donors (Lipinski definition) is 2. The van der Waals surface area contributed by atoms with Gasteiger partial charge in [-0.2, -0.15) is 0 Å². The second-order valence-electron chi connectivity index (χ2n) is 5.01. The first-order valence-electron chi connectivity index (χ1n) is 7.20. The average molecular weight is 288 g/mol. The third kappa shape index (κ3) is 5.94. The molecule has 0 bridgehead atoms. The Balaban J connectivity index is 1.75. The number of aliphatic hydroxyl groups excluding tert-OH is 1. The molecule has 1 aromatic heterocycles. The van der Waals surface area contributed by atoms with E-state index in [2.05, 4.69) is 22.1 Å². The first kappa shape index (κ1) is 15.5. The topological polar surface area (TPSA) is 71.5 Å². The summed E-state index contributed by atoms with van der Waals surface area (Å²) in [6.07, 6.45) is 6.05. The molecule has 0 atom stereocenters. The van der Waals surface area contributed by atoms with Crippen molar-refractivity contribution in [2.45, 2.75) is 19.3 Å². The fraction of sp³-hybridized carbons (Fsp3) is 0.500. The molecule has 1 heterocycles. The maximum absolute atomic E-state index is 11.9. The zero-order valence-corrected chi connectivity index (χ0v) is 12.0. The van der Waals surface area contributed by atoms with E-state index in [0.717, 1.165) is 12.5 Å². The van der Waals surface area contributed by atoms with Crippen LogP contribution in [0.15, 0.2) is 18.5 Å². The summed E-state index contributed by atoms with van der Waals surface area (Å²) in [5.41, 5.74) is 1.15. The molecule has 2 rings (SSSR count). The smallest absolute Gasteiger partial charge is 0.252 e. The van der Waals surface area contributed by atoms with E-state index in [1.807, 2.05) is 0 Å². The van der Waals surface area contributed by atoms with Crippen molar-refractivity contribution in [1.82, 2.24) is 10.3 Å². The highest BCUT2D eigenvalue weighted by atomic mass is 16.5. The van der Waals surface area contributed by atoms with Crippen molar-refractivity contribution in [3.63, 3.8) is 0 Å². The van der Waals surface area contributed by atoms with E-state index in [1.165, 1.54) is 19.0 Å². The van der Waals surface area contributed by atoms with Gasteiger partial charge >= 0.3 is 0 Å². The quantitative estimate of drug-likeness (QED) is 0.579. The molecule has 0 unspecified atom stereocenters. The molecule has 0 aliphatic heterocycles. The van der Waals surface area contributed by atoms with Gasteiger partial charge in [0.1, 0.15) is 0 Å². The van der Waals surface area contributed by atoms with Gasteiger partial charge in [-0.25, -0.2) is 0 Å². The molecule has 2 N–H and O–H groups in total. The van der Waals surface area contributed by atoms with Crippen molar-refractivity contribution >= 4 is 5.91 Å². The number of rotatable bonds is 7. The first-order chi connectivity index (χ1) is 10.3. The molecule has 1 aliphatic rings. The van der Waals surface area contributed by atoms with Crippen LogP contribution >= 0.6 is 0 Å². The van der Waals surface area contributed by atoms with E-state index < -0.39 is 0 Å². The Kier molecular flexibility index (Phi) is 6.20. The van der Waals surface area contributed by atoms with Gasteiger partial charge in [0.15, 0.2) is 0 Å². The zero-order valence-electron chi connectivity index (χ0n) is 12.0. The summed E-state index contributed by atoms with van der Waals surface area (Å²) in [5.74, 6) is 6.22. The number of pyridine rings is 1. The second kappa shape index (κ2) is 8.40. The minimum Gasteiger partial charge on any atom is -0.395 e. The number of nitrogens with zero attached hydrogens (tertiary/aromatic N) is 1. The molecule has 1 saturated carbocycles. The van der Waals surface area contributed by atoms with Gasteiger partial charge in [0, 0.05) is 37.5 Å². The lowest BCUT2D eigenvalue weighted by Gasteiger charge is -2.06. The van der Waals surface area contributed by atoms with Crippen molar-refractivity contribution in [2.24, 2.45) is 5.92 Å². The normalized spacial score (nSPS) is 13.4. The lowest BCUT2D eigenvalue weighted by atomic mass is 10.2. The molecule has 5 nitrogen and oxygen atoms in total. The van der Waals surface area contributed by atoms with Crippen LogP contribution in [-0.2, 0) is 4.74 Å². The Bertz CT molecular complexity index is 530. The van der Waals surface area contributed by atoms with E-state index in [4.69, 9.17) is 9.84 Å². The maximum atomic E-state index is 11.9. The number of nitrogens with one attached hydrogen (secondary N) is 1. The number of amides is 1. The van der Waals surface area contributed by atoms with Crippen LogP contribution in [-0.4, -0.2) is 42.4 Å². The molecular weight excluding hydrogens is 268 g/mol. The summed E-state index contributed by atoms with van der Waals surface area (Å²) in [6, 6.07) is 1.69. The van der Waals surface area contributed by atoms with E-state index in [0.29, 0.717) is 30.7 Å². The highest BCUT2D eigenvalue weighted by Gasteiger charge is 2.20. The molecule has 1 aromatic rings. The van der Waals surface area contributed by atoms with Crippen LogP contribution in [0.25, 0.3) is 0 Å². The van der Waals surface area contributed by atoms with Gasteiger partial charge in [-0.05, 0) is 24.8 Å². The van der Waals surface area contributed by atoms with Crippen molar-refractivity contribution in [3.05, 3.63) is 29.6 Å². The highest BCUT2D eigenvalue weighted by molar-refractivity contribution is 5.94. The molecule has 1 amide bonds. The minimum absolute atomic E-state index is 0.0292. The maximum Gasteiger partial charge on any atom is 0.252 e. The number of carbonyl (C=O) groups excluding carboxylic acids is 1.